The van der Waals surface area contributed by atoms with Crippen LogP contribution in [0.3, 0.4) is 0 Å². The van der Waals surface area contributed by atoms with Crippen LogP contribution < -0.4 is 5.32 Å². The molecule has 1 unspecified atom stereocenters. The molecule has 0 amide bonds. The molecule has 1 aliphatic rings. The van der Waals surface area contributed by atoms with Gasteiger partial charge in [0, 0.05) is 10.6 Å². The van der Waals surface area contributed by atoms with Crippen molar-refractivity contribution in [3.05, 3.63) is 0 Å². The van der Waals surface area contributed by atoms with E-state index in [1.165, 1.54) is 0 Å². The van der Waals surface area contributed by atoms with Crippen LogP contribution in [0.5, 0.6) is 0 Å². The molecule has 1 saturated heterocycles. The smallest absolute Gasteiger partial charge is 0.311 e. The van der Waals surface area contributed by atoms with Crippen LogP contribution in [0.15, 0.2) is 0 Å². The molecule has 5 heteroatoms. The van der Waals surface area contributed by atoms with Crippen molar-refractivity contribution in [2.75, 3.05) is 13.2 Å². The third kappa shape index (κ3) is 2.71. The third-order valence-corrected chi connectivity index (χ3v) is 1.92. The zero-order valence-corrected chi connectivity index (χ0v) is 6.51. The monoisotopic (exact) mass is 164 g/mol. The topological polar surface area (TPSA) is 58.6 Å². The summed E-state index contributed by atoms with van der Waals surface area (Å²) in [6.07, 6.45) is 2.18. The Balaban J connectivity index is 2.07. The summed E-state index contributed by atoms with van der Waals surface area (Å²) < 4.78 is 14.6. The largest absolute Gasteiger partial charge is 0.694 e. The first kappa shape index (κ1) is 8.08. The SMILES string of the molecule is O=[P+](O)OC[C@@H]1CCCN1. The summed E-state index contributed by atoms with van der Waals surface area (Å²) in [6.45, 7) is 1.35. The molecule has 58 valence electrons. The molecular weight excluding hydrogens is 153 g/mol. The summed E-state index contributed by atoms with van der Waals surface area (Å²) in [7, 11) is -2.41. The van der Waals surface area contributed by atoms with Gasteiger partial charge in [-0.25, -0.2) is 0 Å². The lowest BCUT2D eigenvalue weighted by atomic mass is 10.2. The van der Waals surface area contributed by atoms with Gasteiger partial charge >= 0.3 is 8.25 Å². The quantitative estimate of drug-likeness (QED) is 0.593. The molecule has 0 aromatic carbocycles. The van der Waals surface area contributed by atoms with E-state index in [2.05, 4.69) is 9.84 Å². The number of nitrogens with one attached hydrogen (secondary N) is 1. The number of hydrogen-bond acceptors (Lipinski definition) is 3. The molecule has 2 atom stereocenters. The Morgan fingerprint density at radius 3 is 3.10 bits per heavy atom. The van der Waals surface area contributed by atoms with Crippen LogP contribution in [0.25, 0.3) is 0 Å². The fourth-order valence-electron chi connectivity index (χ4n) is 1.05. The summed E-state index contributed by atoms with van der Waals surface area (Å²) >= 11 is 0. The van der Waals surface area contributed by atoms with Crippen molar-refractivity contribution in [3.8, 4) is 0 Å². The Morgan fingerprint density at radius 2 is 2.60 bits per heavy atom. The molecule has 0 bridgehead atoms. The highest BCUT2D eigenvalue weighted by molar-refractivity contribution is 7.32. The second-order valence-electron chi connectivity index (χ2n) is 2.33. The minimum atomic E-state index is -2.41. The molecule has 2 N–H and O–H groups in total. The van der Waals surface area contributed by atoms with E-state index >= 15 is 0 Å². The maximum absolute atomic E-state index is 10.1. The van der Waals surface area contributed by atoms with Gasteiger partial charge in [0.2, 0.25) is 0 Å². The Bertz CT molecular complexity index is 124. The minimum Gasteiger partial charge on any atom is -0.311 e. The summed E-state index contributed by atoms with van der Waals surface area (Å²) in [5, 5.41) is 3.15. The van der Waals surface area contributed by atoms with E-state index in [1.807, 2.05) is 0 Å². The zero-order chi connectivity index (χ0) is 7.40. The number of rotatable bonds is 3. The van der Waals surface area contributed by atoms with Gasteiger partial charge in [0.25, 0.3) is 0 Å². The average Bonchev–Trinajstić information content (AvgIpc) is 2.34. The average molecular weight is 164 g/mol. The van der Waals surface area contributed by atoms with Crippen molar-refractivity contribution >= 4 is 8.25 Å². The lowest BCUT2D eigenvalue weighted by Gasteiger charge is -2.02. The van der Waals surface area contributed by atoms with Crippen molar-refractivity contribution < 1.29 is 14.0 Å². The van der Waals surface area contributed by atoms with Gasteiger partial charge in [0.05, 0.1) is 0 Å². The second kappa shape index (κ2) is 3.98. The predicted molar refractivity (Wildman–Crippen MR) is 36.8 cm³/mol. The van der Waals surface area contributed by atoms with Crippen LogP contribution >= 0.6 is 8.25 Å². The Hall–Kier alpha value is -0.0200. The fourth-order valence-corrected chi connectivity index (χ4v) is 1.36. The fraction of sp³-hybridized carbons (Fsp3) is 1.00. The van der Waals surface area contributed by atoms with Gasteiger partial charge in [-0.1, -0.05) is 0 Å². The molecule has 0 aromatic rings. The van der Waals surface area contributed by atoms with E-state index < -0.39 is 8.25 Å². The Labute approximate surface area is 60.5 Å². The number of hydrogen-bond donors (Lipinski definition) is 2. The van der Waals surface area contributed by atoms with Gasteiger partial charge in [-0.15, -0.1) is 9.42 Å². The highest BCUT2D eigenvalue weighted by Gasteiger charge is 2.20. The molecule has 1 aliphatic heterocycles. The van der Waals surface area contributed by atoms with E-state index in [0.717, 1.165) is 19.4 Å². The van der Waals surface area contributed by atoms with Crippen molar-refractivity contribution in [2.24, 2.45) is 0 Å². The van der Waals surface area contributed by atoms with Gasteiger partial charge in [-0.2, -0.15) is 0 Å². The van der Waals surface area contributed by atoms with Crippen molar-refractivity contribution in [3.63, 3.8) is 0 Å². The Kier molecular flexibility index (Phi) is 3.22. The van der Waals surface area contributed by atoms with Crippen LogP contribution in [0.1, 0.15) is 12.8 Å². The molecule has 0 saturated carbocycles. The summed E-state index contributed by atoms with van der Waals surface area (Å²) in [6, 6.07) is 0.283. The molecule has 1 heterocycles. The summed E-state index contributed by atoms with van der Waals surface area (Å²) in [5.74, 6) is 0. The molecule has 4 nitrogen and oxygen atoms in total. The highest BCUT2D eigenvalue weighted by Crippen LogP contribution is 2.16. The molecule has 0 radical (unpaired) electrons. The molecule has 0 aromatic heterocycles. The van der Waals surface area contributed by atoms with Crippen LogP contribution in [0.4, 0.5) is 0 Å². The van der Waals surface area contributed by atoms with Gasteiger partial charge in [-0.05, 0) is 19.4 Å². The molecule has 0 aliphatic carbocycles. The van der Waals surface area contributed by atoms with Crippen molar-refractivity contribution in [1.82, 2.24) is 5.32 Å². The summed E-state index contributed by atoms with van der Waals surface area (Å²) in [4.78, 5) is 8.27. The van der Waals surface area contributed by atoms with Crippen molar-refractivity contribution in [2.45, 2.75) is 18.9 Å². The van der Waals surface area contributed by atoms with Crippen molar-refractivity contribution in [1.29, 1.82) is 0 Å². The highest BCUT2D eigenvalue weighted by atomic mass is 31.1. The first-order valence-corrected chi connectivity index (χ1v) is 4.44. The van der Waals surface area contributed by atoms with Gasteiger partial charge in [-0.3, -0.25) is 0 Å². The van der Waals surface area contributed by atoms with Gasteiger partial charge in [0.15, 0.2) is 0 Å². The van der Waals surface area contributed by atoms with Crippen LogP contribution in [-0.4, -0.2) is 24.1 Å². The normalized spacial score (nSPS) is 26.9. The summed E-state index contributed by atoms with van der Waals surface area (Å²) in [5.41, 5.74) is 0. The first-order chi connectivity index (χ1) is 4.79. The maximum Gasteiger partial charge on any atom is 0.694 e. The van der Waals surface area contributed by atoms with E-state index in [9.17, 15) is 4.57 Å². The molecule has 1 fully saturated rings. The van der Waals surface area contributed by atoms with Gasteiger partial charge < -0.3 is 5.32 Å². The first-order valence-electron chi connectivity index (χ1n) is 3.31. The zero-order valence-electron chi connectivity index (χ0n) is 5.62. The molecule has 0 spiro atoms. The standard InChI is InChI=1S/C5H10NO3P/c7-10(8)9-4-5-2-1-3-6-5/h5-6H,1-4H2/p+1/t5-/m0/s1. The maximum atomic E-state index is 10.1. The van der Waals surface area contributed by atoms with E-state index in [-0.39, 0.29) is 6.04 Å². The second-order valence-corrected chi connectivity index (χ2v) is 3.06. The molecule has 10 heavy (non-hydrogen) atoms. The lowest BCUT2D eigenvalue weighted by molar-refractivity contribution is 0.253. The van der Waals surface area contributed by atoms with Crippen LogP contribution in [0, 0.1) is 0 Å². The minimum absolute atomic E-state index is 0.283. The molecular formula is C5H11NO3P+. The van der Waals surface area contributed by atoms with E-state index in [1.54, 1.807) is 0 Å². The lowest BCUT2D eigenvalue weighted by Crippen LogP contribution is -2.25. The van der Waals surface area contributed by atoms with E-state index in [0.29, 0.717) is 6.61 Å². The van der Waals surface area contributed by atoms with E-state index in [4.69, 9.17) is 4.89 Å². The predicted octanol–water partition coefficient (Wildman–Crippen LogP) is 0.405. The molecule has 1 rings (SSSR count). The van der Waals surface area contributed by atoms with Crippen LogP contribution in [-0.2, 0) is 9.09 Å². The third-order valence-electron chi connectivity index (χ3n) is 1.55. The van der Waals surface area contributed by atoms with Crippen LogP contribution in [0.2, 0.25) is 0 Å². The van der Waals surface area contributed by atoms with Gasteiger partial charge in [0.1, 0.15) is 6.61 Å². The Morgan fingerprint density at radius 1 is 1.80 bits per heavy atom.